The van der Waals surface area contributed by atoms with E-state index in [2.05, 4.69) is 0 Å². The van der Waals surface area contributed by atoms with Crippen molar-refractivity contribution in [3.8, 4) is 11.8 Å². The number of carbonyl (C=O) groups is 1. The molecular formula is C11H11ClN2O2. The highest BCUT2D eigenvalue weighted by Crippen LogP contribution is 2.25. The van der Waals surface area contributed by atoms with Gasteiger partial charge in [-0.2, -0.15) is 5.26 Å². The van der Waals surface area contributed by atoms with Gasteiger partial charge in [-0.3, -0.25) is 4.79 Å². The van der Waals surface area contributed by atoms with Gasteiger partial charge in [0.1, 0.15) is 11.8 Å². The topological polar surface area (TPSA) is 76.1 Å². The Hall–Kier alpha value is -1.73. The second-order valence-corrected chi connectivity index (χ2v) is 3.89. The summed E-state index contributed by atoms with van der Waals surface area (Å²) in [7, 11) is 0. The van der Waals surface area contributed by atoms with E-state index >= 15 is 0 Å². The van der Waals surface area contributed by atoms with E-state index in [9.17, 15) is 4.79 Å². The van der Waals surface area contributed by atoms with E-state index in [1.165, 1.54) is 0 Å². The molecule has 1 unspecified atom stereocenters. The second-order valence-electron chi connectivity index (χ2n) is 3.24. The van der Waals surface area contributed by atoms with Crippen LogP contribution >= 0.6 is 11.6 Å². The fourth-order valence-electron chi connectivity index (χ4n) is 1.16. The first-order valence-electron chi connectivity index (χ1n) is 4.64. The highest BCUT2D eigenvalue weighted by atomic mass is 35.5. The average Bonchev–Trinajstić information content (AvgIpc) is 2.25. The van der Waals surface area contributed by atoms with Gasteiger partial charge in [0.15, 0.2) is 6.61 Å². The molecule has 0 aromatic heterocycles. The van der Waals surface area contributed by atoms with E-state index < -0.39 is 5.91 Å². The number of hydrogen-bond acceptors (Lipinski definition) is 3. The van der Waals surface area contributed by atoms with Crippen molar-refractivity contribution in [2.45, 2.75) is 12.3 Å². The van der Waals surface area contributed by atoms with Gasteiger partial charge in [0.25, 0.3) is 5.91 Å². The number of nitriles is 1. The Kier molecular flexibility index (Phi) is 4.15. The van der Waals surface area contributed by atoms with E-state index in [1.807, 2.05) is 13.0 Å². The third kappa shape index (κ3) is 3.14. The van der Waals surface area contributed by atoms with Crippen LogP contribution in [0.4, 0.5) is 0 Å². The molecule has 0 aliphatic carbocycles. The van der Waals surface area contributed by atoms with E-state index in [-0.39, 0.29) is 12.0 Å². The van der Waals surface area contributed by atoms with Gasteiger partial charge in [-0.25, -0.2) is 0 Å². The van der Waals surface area contributed by atoms with Crippen LogP contribution in [0.15, 0.2) is 18.2 Å². The van der Waals surface area contributed by atoms with Gasteiger partial charge in [-0.15, -0.1) is 11.6 Å². The van der Waals surface area contributed by atoms with Crippen LogP contribution < -0.4 is 10.5 Å². The second kappa shape index (κ2) is 5.38. The fourth-order valence-corrected chi connectivity index (χ4v) is 1.29. The number of nitrogens with zero attached hydrogens (tertiary/aromatic N) is 1. The van der Waals surface area contributed by atoms with Crippen molar-refractivity contribution in [1.82, 2.24) is 0 Å². The summed E-state index contributed by atoms with van der Waals surface area (Å²) in [5.74, 6) is -0.249. The van der Waals surface area contributed by atoms with Crippen molar-refractivity contribution < 1.29 is 9.53 Å². The number of nitrogens with two attached hydrogens (primary N) is 1. The van der Waals surface area contributed by atoms with Crippen LogP contribution in [0, 0.1) is 11.3 Å². The summed E-state index contributed by atoms with van der Waals surface area (Å²) in [6.07, 6.45) is 0. The molecule has 1 aromatic rings. The number of ether oxygens (including phenoxy) is 1. The highest BCUT2D eigenvalue weighted by molar-refractivity contribution is 6.20. The number of hydrogen-bond donors (Lipinski definition) is 1. The number of carbonyl (C=O) groups excluding carboxylic acids is 1. The first kappa shape index (κ1) is 12.3. The Morgan fingerprint density at radius 3 is 2.88 bits per heavy atom. The molecule has 1 atom stereocenters. The molecule has 0 aliphatic rings. The number of amides is 1. The predicted molar refractivity (Wildman–Crippen MR) is 60.1 cm³/mol. The average molecular weight is 239 g/mol. The zero-order valence-corrected chi connectivity index (χ0v) is 9.49. The quantitative estimate of drug-likeness (QED) is 0.812. The van der Waals surface area contributed by atoms with Crippen LogP contribution in [0.3, 0.4) is 0 Å². The normalized spacial score (nSPS) is 11.6. The molecule has 4 nitrogen and oxygen atoms in total. The Morgan fingerprint density at radius 2 is 2.38 bits per heavy atom. The van der Waals surface area contributed by atoms with Crippen molar-refractivity contribution in [3.63, 3.8) is 0 Å². The van der Waals surface area contributed by atoms with Gasteiger partial charge in [-0.1, -0.05) is 6.07 Å². The molecule has 16 heavy (non-hydrogen) atoms. The third-order valence-corrected chi connectivity index (χ3v) is 2.21. The lowest BCUT2D eigenvalue weighted by Gasteiger charge is -2.08. The first-order chi connectivity index (χ1) is 7.54. The van der Waals surface area contributed by atoms with Crippen molar-refractivity contribution in [3.05, 3.63) is 29.3 Å². The number of halogens is 1. The monoisotopic (exact) mass is 238 g/mol. The van der Waals surface area contributed by atoms with Crippen LogP contribution in [0.1, 0.15) is 23.4 Å². The Balaban J connectivity index is 2.94. The summed E-state index contributed by atoms with van der Waals surface area (Å²) >= 11 is 5.89. The maximum atomic E-state index is 10.5. The van der Waals surface area contributed by atoms with Crippen LogP contribution in [-0.4, -0.2) is 12.5 Å². The van der Waals surface area contributed by atoms with E-state index in [0.29, 0.717) is 11.3 Å². The lowest BCUT2D eigenvalue weighted by atomic mass is 10.1. The van der Waals surface area contributed by atoms with E-state index in [0.717, 1.165) is 5.56 Å². The zero-order chi connectivity index (χ0) is 12.1. The van der Waals surface area contributed by atoms with Gasteiger partial charge < -0.3 is 10.5 Å². The Labute approximate surface area is 98.6 Å². The summed E-state index contributed by atoms with van der Waals surface area (Å²) in [6, 6.07) is 6.96. The number of alkyl halides is 1. The molecular weight excluding hydrogens is 228 g/mol. The molecule has 0 heterocycles. The van der Waals surface area contributed by atoms with Gasteiger partial charge in [0.05, 0.1) is 10.9 Å². The van der Waals surface area contributed by atoms with Crippen LogP contribution in [-0.2, 0) is 4.79 Å². The summed E-state index contributed by atoms with van der Waals surface area (Å²) in [5, 5.41) is 8.72. The molecule has 1 aromatic carbocycles. The van der Waals surface area contributed by atoms with Crippen molar-refractivity contribution in [2.24, 2.45) is 5.73 Å². The largest absolute Gasteiger partial charge is 0.482 e. The molecule has 0 saturated heterocycles. The molecule has 0 saturated carbocycles. The lowest BCUT2D eigenvalue weighted by Crippen LogP contribution is -2.20. The molecule has 84 valence electrons. The lowest BCUT2D eigenvalue weighted by molar-refractivity contribution is -0.119. The third-order valence-electron chi connectivity index (χ3n) is 1.95. The first-order valence-corrected chi connectivity index (χ1v) is 5.07. The van der Waals surface area contributed by atoms with Gasteiger partial charge in [0, 0.05) is 0 Å². The maximum Gasteiger partial charge on any atom is 0.255 e. The number of benzene rings is 1. The minimum absolute atomic E-state index is 0.183. The zero-order valence-electron chi connectivity index (χ0n) is 8.74. The van der Waals surface area contributed by atoms with Crippen LogP contribution in [0.25, 0.3) is 0 Å². The summed E-state index contributed by atoms with van der Waals surface area (Å²) < 4.78 is 5.08. The van der Waals surface area contributed by atoms with Crippen molar-refractivity contribution in [1.29, 1.82) is 5.26 Å². The molecule has 0 radical (unpaired) electrons. The molecule has 5 heteroatoms. The van der Waals surface area contributed by atoms with E-state index in [1.54, 1.807) is 18.2 Å². The highest BCUT2D eigenvalue weighted by Gasteiger charge is 2.08. The standard InChI is InChI=1S/C11H11ClN2O2/c1-7(12)8-2-3-10(9(4-8)5-13)16-6-11(14)15/h2-4,7H,6H2,1H3,(H2,14,15). The minimum Gasteiger partial charge on any atom is -0.482 e. The molecule has 2 N–H and O–H groups in total. The van der Waals surface area contributed by atoms with Gasteiger partial charge >= 0.3 is 0 Å². The number of rotatable bonds is 4. The minimum atomic E-state index is -0.585. The van der Waals surface area contributed by atoms with Gasteiger partial charge in [0.2, 0.25) is 0 Å². The molecule has 0 aliphatic heterocycles. The van der Waals surface area contributed by atoms with Crippen LogP contribution in [0.5, 0.6) is 5.75 Å². The smallest absolute Gasteiger partial charge is 0.255 e. The van der Waals surface area contributed by atoms with Crippen LogP contribution in [0.2, 0.25) is 0 Å². The van der Waals surface area contributed by atoms with Gasteiger partial charge in [-0.05, 0) is 24.6 Å². The molecule has 1 rings (SSSR count). The summed E-state index contributed by atoms with van der Waals surface area (Å²) in [6.45, 7) is 1.56. The molecule has 0 fully saturated rings. The maximum absolute atomic E-state index is 10.5. The fraction of sp³-hybridized carbons (Fsp3) is 0.273. The molecule has 0 bridgehead atoms. The SMILES string of the molecule is CC(Cl)c1ccc(OCC(N)=O)c(C#N)c1. The summed E-state index contributed by atoms with van der Waals surface area (Å²) in [4.78, 5) is 10.5. The number of primary amides is 1. The Morgan fingerprint density at radius 1 is 1.69 bits per heavy atom. The Bertz CT molecular complexity index is 438. The van der Waals surface area contributed by atoms with E-state index in [4.69, 9.17) is 27.3 Å². The molecule has 0 spiro atoms. The molecule has 1 amide bonds. The summed E-state index contributed by atoms with van der Waals surface area (Å²) in [5.41, 5.74) is 6.10. The predicted octanol–water partition coefficient (Wildman–Crippen LogP) is 1.72. The van der Waals surface area contributed by atoms with Crippen molar-refractivity contribution in [2.75, 3.05) is 6.61 Å². The van der Waals surface area contributed by atoms with Crippen molar-refractivity contribution >= 4 is 17.5 Å².